The van der Waals surface area contributed by atoms with Crippen molar-refractivity contribution in [1.82, 2.24) is 20.1 Å². The van der Waals surface area contributed by atoms with E-state index in [1.54, 1.807) is 11.3 Å². The fraction of sp³-hybridized carbons (Fsp3) is 0.190. The van der Waals surface area contributed by atoms with Crippen LogP contribution >= 0.6 is 11.3 Å². The van der Waals surface area contributed by atoms with Crippen LogP contribution in [0.25, 0.3) is 43.5 Å². The topological polar surface area (TPSA) is 67.6 Å². The van der Waals surface area contributed by atoms with Crippen LogP contribution in [0.1, 0.15) is 24.7 Å². The maximum atomic E-state index is 5.38. The minimum Gasteiger partial charge on any atom is -0.361 e. The molecule has 0 bridgehead atoms. The molecule has 5 nitrogen and oxygen atoms in total. The lowest BCUT2D eigenvalue weighted by atomic mass is 9.96. The van der Waals surface area contributed by atoms with E-state index in [1.165, 1.54) is 4.70 Å². The molecule has 0 unspecified atom stereocenters. The number of nitrogens with zero attached hydrogens (tertiary/aromatic N) is 3. The van der Waals surface area contributed by atoms with Crippen molar-refractivity contribution >= 4 is 32.6 Å². The zero-order chi connectivity index (χ0) is 17.8. The Morgan fingerprint density at radius 1 is 1.04 bits per heavy atom. The van der Waals surface area contributed by atoms with Gasteiger partial charge in [0.15, 0.2) is 0 Å². The molecule has 5 rings (SSSR count). The number of benzene rings is 2. The molecule has 136 valence electrons. The molecule has 0 atom stereocenters. The lowest BCUT2D eigenvalue weighted by Gasteiger charge is -2.08. The van der Waals surface area contributed by atoms with E-state index in [1.807, 2.05) is 26.3 Å². The third-order valence-electron chi connectivity index (χ3n) is 4.67. The molecule has 3 heterocycles. The van der Waals surface area contributed by atoms with Crippen molar-refractivity contribution in [3.63, 3.8) is 0 Å². The van der Waals surface area contributed by atoms with Crippen molar-refractivity contribution in [2.24, 2.45) is 0 Å². The van der Waals surface area contributed by atoms with Crippen molar-refractivity contribution < 1.29 is 4.52 Å². The van der Waals surface area contributed by atoms with Crippen molar-refractivity contribution in [3.8, 4) is 22.3 Å². The average Bonchev–Trinajstić information content (AvgIpc) is 3.31. The second kappa shape index (κ2) is 6.32. The van der Waals surface area contributed by atoms with Gasteiger partial charge in [-0.25, -0.2) is 9.97 Å². The van der Waals surface area contributed by atoms with Crippen LogP contribution in [0.3, 0.4) is 0 Å². The number of nitrogens with one attached hydrogen (secondary N) is 1. The standard InChI is InChI=1S/C20H16N4OS.CH4/c1-10-19(11(2)25-24-10)14-6-15(20-17(8-14)22-12(3)23-20)13-4-5-18-16(7-13)21-9-26-18;/h4-9H,1-3H3,(H,22,23);1H4. The van der Waals surface area contributed by atoms with Gasteiger partial charge in [0.05, 0.1) is 32.5 Å². The molecule has 0 fully saturated rings. The van der Waals surface area contributed by atoms with Crippen molar-refractivity contribution in [2.45, 2.75) is 28.2 Å². The van der Waals surface area contributed by atoms with E-state index in [9.17, 15) is 0 Å². The third kappa shape index (κ3) is 2.73. The maximum absolute atomic E-state index is 5.38. The maximum Gasteiger partial charge on any atom is 0.141 e. The number of imidazole rings is 1. The van der Waals surface area contributed by atoms with Gasteiger partial charge in [0.25, 0.3) is 0 Å². The van der Waals surface area contributed by atoms with E-state index < -0.39 is 0 Å². The van der Waals surface area contributed by atoms with Gasteiger partial charge >= 0.3 is 0 Å². The number of thiazole rings is 1. The Bertz CT molecular complexity index is 1260. The van der Waals surface area contributed by atoms with Crippen molar-refractivity contribution in [3.05, 3.63) is 53.1 Å². The summed E-state index contributed by atoms with van der Waals surface area (Å²) in [6.45, 7) is 5.89. The Kier molecular flexibility index (Phi) is 4.08. The minimum atomic E-state index is 0. The molecule has 1 N–H and O–H groups in total. The fourth-order valence-electron chi connectivity index (χ4n) is 3.53. The van der Waals surface area contributed by atoms with Crippen LogP contribution in [0, 0.1) is 20.8 Å². The summed E-state index contributed by atoms with van der Waals surface area (Å²) in [4.78, 5) is 12.5. The van der Waals surface area contributed by atoms with E-state index >= 15 is 0 Å². The molecule has 0 spiro atoms. The van der Waals surface area contributed by atoms with Gasteiger partial charge in [-0.2, -0.15) is 0 Å². The van der Waals surface area contributed by atoms with Gasteiger partial charge < -0.3 is 9.51 Å². The summed E-state index contributed by atoms with van der Waals surface area (Å²) >= 11 is 1.65. The fourth-order valence-corrected chi connectivity index (χ4v) is 4.18. The van der Waals surface area contributed by atoms with E-state index in [2.05, 4.69) is 45.5 Å². The van der Waals surface area contributed by atoms with E-state index in [-0.39, 0.29) is 7.43 Å². The third-order valence-corrected chi connectivity index (χ3v) is 5.48. The first-order valence-electron chi connectivity index (χ1n) is 8.37. The SMILES string of the molecule is C.Cc1nc2c(-c3ccc4scnc4c3)cc(-c3c(C)noc3C)cc2[nH]1. The molecule has 0 amide bonds. The average molecular weight is 376 g/mol. The zero-order valence-corrected chi connectivity index (χ0v) is 15.4. The second-order valence-corrected chi connectivity index (χ2v) is 7.36. The van der Waals surface area contributed by atoms with Crippen LogP contribution in [-0.4, -0.2) is 20.1 Å². The molecule has 5 aromatic rings. The quantitative estimate of drug-likeness (QED) is 0.407. The Morgan fingerprint density at radius 2 is 1.89 bits per heavy atom. The van der Waals surface area contributed by atoms with Crippen LogP contribution in [0.2, 0.25) is 0 Å². The van der Waals surface area contributed by atoms with Gasteiger partial charge in [-0.15, -0.1) is 11.3 Å². The van der Waals surface area contributed by atoms with Crippen LogP contribution in [0.4, 0.5) is 0 Å². The largest absolute Gasteiger partial charge is 0.361 e. The van der Waals surface area contributed by atoms with Crippen LogP contribution in [0.5, 0.6) is 0 Å². The molecule has 0 aliphatic heterocycles. The highest BCUT2D eigenvalue weighted by Gasteiger charge is 2.17. The Hall–Kier alpha value is -2.99. The first-order chi connectivity index (χ1) is 12.6. The van der Waals surface area contributed by atoms with Gasteiger partial charge in [-0.05, 0) is 56.2 Å². The molecule has 2 aromatic carbocycles. The van der Waals surface area contributed by atoms with Gasteiger partial charge in [-0.1, -0.05) is 18.6 Å². The summed E-state index contributed by atoms with van der Waals surface area (Å²) in [6.07, 6.45) is 0. The molecule has 0 saturated heterocycles. The predicted molar refractivity (Wildman–Crippen MR) is 111 cm³/mol. The van der Waals surface area contributed by atoms with Crippen molar-refractivity contribution in [2.75, 3.05) is 0 Å². The smallest absolute Gasteiger partial charge is 0.141 e. The Balaban J connectivity index is 0.00000180. The number of aromatic amines is 1. The first-order valence-corrected chi connectivity index (χ1v) is 9.25. The van der Waals surface area contributed by atoms with E-state index in [0.717, 1.165) is 56.1 Å². The van der Waals surface area contributed by atoms with Crippen molar-refractivity contribution in [1.29, 1.82) is 0 Å². The number of H-pyrrole nitrogens is 1. The number of rotatable bonds is 2. The highest BCUT2D eigenvalue weighted by atomic mass is 32.1. The summed E-state index contributed by atoms with van der Waals surface area (Å²) in [5.74, 6) is 1.71. The van der Waals surface area contributed by atoms with Gasteiger partial charge in [0.1, 0.15) is 11.6 Å². The first kappa shape index (κ1) is 17.4. The lowest BCUT2D eigenvalue weighted by Crippen LogP contribution is -1.87. The van der Waals surface area contributed by atoms with Crippen LogP contribution in [0.15, 0.2) is 40.4 Å². The summed E-state index contributed by atoms with van der Waals surface area (Å²) in [6, 6.07) is 10.7. The number of aromatic nitrogens is 4. The Labute approximate surface area is 161 Å². The molecule has 0 saturated carbocycles. The van der Waals surface area contributed by atoms with E-state index in [0.29, 0.717) is 0 Å². The minimum absolute atomic E-state index is 0. The predicted octanol–water partition coefficient (Wildman–Crippen LogP) is 6.06. The second-order valence-electron chi connectivity index (χ2n) is 6.48. The molecule has 3 aromatic heterocycles. The molecule has 6 heteroatoms. The summed E-state index contributed by atoms with van der Waals surface area (Å²) in [7, 11) is 0. The van der Waals surface area contributed by atoms with Gasteiger partial charge in [-0.3, -0.25) is 0 Å². The van der Waals surface area contributed by atoms with Crippen LogP contribution in [-0.2, 0) is 0 Å². The molecule has 0 radical (unpaired) electrons. The van der Waals surface area contributed by atoms with Gasteiger partial charge in [0.2, 0.25) is 0 Å². The summed E-state index contributed by atoms with van der Waals surface area (Å²) in [5.41, 5.74) is 10.0. The molecule has 27 heavy (non-hydrogen) atoms. The molecular weight excluding hydrogens is 356 g/mol. The van der Waals surface area contributed by atoms with Gasteiger partial charge in [0, 0.05) is 11.1 Å². The normalized spacial score (nSPS) is 11.2. The number of hydrogen-bond acceptors (Lipinski definition) is 5. The van der Waals surface area contributed by atoms with Crippen LogP contribution < -0.4 is 0 Å². The number of fused-ring (bicyclic) bond motifs is 2. The molecule has 0 aliphatic carbocycles. The number of aryl methyl sites for hydroxylation is 3. The summed E-state index contributed by atoms with van der Waals surface area (Å²) in [5, 5.41) is 4.10. The molecular formula is C21H20N4OS. The monoisotopic (exact) mass is 376 g/mol. The zero-order valence-electron chi connectivity index (χ0n) is 14.6. The highest BCUT2D eigenvalue weighted by molar-refractivity contribution is 7.16. The highest BCUT2D eigenvalue weighted by Crippen LogP contribution is 2.36. The molecule has 0 aliphatic rings. The Morgan fingerprint density at radius 3 is 2.67 bits per heavy atom. The number of hydrogen-bond donors (Lipinski definition) is 1. The van der Waals surface area contributed by atoms with E-state index in [4.69, 9.17) is 9.51 Å². The summed E-state index contributed by atoms with van der Waals surface area (Å²) < 4.78 is 6.56. The lowest BCUT2D eigenvalue weighted by molar-refractivity contribution is 0.393.